The molecule has 0 amide bonds. The number of aromatic amines is 1. The highest BCUT2D eigenvalue weighted by Gasteiger charge is 2.02. The van der Waals surface area contributed by atoms with E-state index in [1.165, 1.54) is 6.33 Å². The number of nitrogens with zero attached hydrogens (tertiary/aromatic N) is 5. The van der Waals surface area contributed by atoms with Gasteiger partial charge < -0.3 is 0 Å². The molecule has 0 aliphatic heterocycles. The van der Waals surface area contributed by atoms with Crippen molar-refractivity contribution >= 4 is 0 Å². The molecule has 0 bridgehead atoms. The van der Waals surface area contributed by atoms with Crippen molar-refractivity contribution < 1.29 is 0 Å². The Morgan fingerprint density at radius 2 is 2.43 bits per heavy atom. The lowest BCUT2D eigenvalue weighted by atomic mass is 10.3. The average molecular weight is 192 g/mol. The molecule has 2 aromatic rings. The second kappa shape index (κ2) is 3.99. The van der Waals surface area contributed by atoms with E-state index in [9.17, 15) is 0 Å². The fourth-order valence-electron chi connectivity index (χ4n) is 1.21. The van der Waals surface area contributed by atoms with Crippen LogP contribution in [0.25, 0.3) is 0 Å². The van der Waals surface area contributed by atoms with Gasteiger partial charge in [0.05, 0.1) is 0 Å². The molecular weight excluding hydrogens is 180 g/mol. The zero-order chi connectivity index (χ0) is 9.80. The monoisotopic (exact) mass is 192 g/mol. The maximum atomic E-state index is 4.32. The van der Waals surface area contributed by atoms with E-state index in [0.717, 1.165) is 24.5 Å². The van der Waals surface area contributed by atoms with E-state index in [1.54, 1.807) is 11.0 Å². The van der Waals surface area contributed by atoms with Crippen LogP contribution in [0.3, 0.4) is 0 Å². The molecule has 74 valence electrons. The number of nitrogens with one attached hydrogen (secondary N) is 1. The van der Waals surface area contributed by atoms with E-state index in [2.05, 4.69) is 32.2 Å². The Morgan fingerprint density at radius 3 is 3.14 bits per heavy atom. The summed E-state index contributed by atoms with van der Waals surface area (Å²) < 4.78 is 1.70. The van der Waals surface area contributed by atoms with Gasteiger partial charge >= 0.3 is 0 Å². The van der Waals surface area contributed by atoms with Gasteiger partial charge in [-0.05, 0) is 6.42 Å². The summed E-state index contributed by atoms with van der Waals surface area (Å²) in [5, 5.41) is 11.0. The standard InChI is InChI=1S/C8H12N6/c1-2-3-7-11-8(13-12-7)4-14-6-9-5-10-14/h5-6H,2-4H2,1H3,(H,11,12,13). The Hall–Kier alpha value is -1.72. The van der Waals surface area contributed by atoms with Crippen LogP contribution in [0.1, 0.15) is 25.0 Å². The van der Waals surface area contributed by atoms with Crippen LogP contribution < -0.4 is 0 Å². The third kappa shape index (κ3) is 1.95. The summed E-state index contributed by atoms with van der Waals surface area (Å²) in [6, 6.07) is 0. The zero-order valence-electron chi connectivity index (χ0n) is 8.01. The van der Waals surface area contributed by atoms with Crippen LogP contribution in [0.4, 0.5) is 0 Å². The van der Waals surface area contributed by atoms with E-state index < -0.39 is 0 Å². The number of hydrogen-bond acceptors (Lipinski definition) is 4. The Kier molecular flexibility index (Phi) is 2.53. The molecule has 6 nitrogen and oxygen atoms in total. The third-order valence-corrected chi connectivity index (χ3v) is 1.83. The number of aromatic nitrogens is 6. The maximum absolute atomic E-state index is 4.32. The molecule has 14 heavy (non-hydrogen) atoms. The fraction of sp³-hybridized carbons (Fsp3) is 0.500. The first kappa shape index (κ1) is 8.86. The Morgan fingerprint density at radius 1 is 1.50 bits per heavy atom. The quantitative estimate of drug-likeness (QED) is 0.760. The lowest BCUT2D eigenvalue weighted by Crippen LogP contribution is -2.01. The summed E-state index contributed by atoms with van der Waals surface area (Å²) >= 11 is 0. The van der Waals surface area contributed by atoms with Crippen molar-refractivity contribution in [2.45, 2.75) is 26.3 Å². The van der Waals surface area contributed by atoms with Gasteiger partial charge in [0.2, 0.25) is 0 Å². The SMILES string of the molecule is CCCc1n[nH]c(Cn2cncn2)n1. The van der Waals surface area contributed by atoms with Gasteiger partial charge in [-0.3, -0.25) is 5.10 Å². The molecule has 2 rings (SSSR count). The van der Waals surface area contributed by atoms with Crippen molar-refractivity contribution in [3.05, 3.63) is 24.3 Å². The minimum atomic E-state index is 0.594. The molecule has 2 aromatic heterocycles. The smallest absolute Gasteiger partial charge is 0.150 e. The van der Waals surface area contributed by atoms with Crippen molar-refractivity contribution in [1.82, 2.24) is 29.9 Å². The molecule has 0 radical (unpaired) electrons. The van der Waals surface area contributed by atoms with E-state index in [-0.39, 0.29) is 0 Å². The predicted octanol–water partition coefficient (Wildman–Crippen LogP) is 0.397. The van der Waals surface area contributed by atoms with Crippen LogP contribution in [0, 0.1) is 0 Å². The van der Waals surface area contributed by atoms with E-state index in [4.69, 9.17) is 0 Å². The molecule has 0 spiro atoms. The molecule has 0 saturated heterocycles. The average Bonchev–Trinajstić information content (AvgIpc) is 2.79. The van der Waals surface area contributed by atoms with Crippen molar-refractivity contribution in [2.24, 2.45) is 0 Å². The third-order valence-electron chi connectivity index (χ3n) is 1.83. The van der Waals surface area contributed by atoms with Gasteiger partial charge in [0.15, 0.2) is 5.82 Å². The highest BCUT2D eigenvalue weighted by molar-refractivity contribution is 4.90. The first-order valence-corrected chi connectivity index (χ1v) is 4.61. The fourth-order valence-corrected chi connectivity index (χ4v) is 1.21. The lowest BCUT2D eigenvalue weighted by Gasteiger charge is -1.93. The number of aryl methyl sites for hydroxylation is 1. The summed E-state index contributed by atoms with van der Waals surface area (Å²) in [5.41, 5.74) is 0. The molecule has 0 aliphatic carbocycles. The van der Waals surface area contributed by atoms with Crippen molar-refractivity contribution in [2.75, 3.05) is 0 Å². The van der Waals surface area contributed by atoms with Crippen molar-refractivity contribution in [3.8, 4) is 0 Å². The van der Waals surface area contributed by atoms with Gasteiger partial charge in [-0.2, -0.15) is 10.2 Å². The highest BCUT2D eigenvalue weighted by atomic mass is 15.3. The van der Waals surface area contributed by atoms with Gasteiger partial charge in [0.1, 0.15) is 25.0 Å². The van der Waals surface area contributed by atoms with Gasteiger partial charge in [-0.15, -0.1) is 0 Å². The summed E-state index contributed by atoms with van der Waals surface area (Å²) in [6.07, 6.45) is 5.12. The van der Waals surface area contributed by atoms with E-state index in [1.807, 2.05) is 0 Å². The normalized spacial score (nSPS) is 10.6. The highest BCUT2D eigenvalue weighted by Crippen LogP contribution is 1.97. The molecule has 0 aliphatic rings. The first-order chi connectivity index (χ1) is 6.88. The molecule has 2 heterocycles. The van der Waals surface area contributed by atoms with Crippen LogP contribution in [-0.4, -0.2) is 29.9 Å². The van der Waals surface area contributed by atoms with Gasteiger partial charge in [-0.1, -0.05) is 6.92 Å². The summed E-state index contributed by atoms with van der Waals surface area (Å²) in [4.78, 5) is 8.17. The van der Waals surface area contributed by atoms with Crippen LogP contribution in [0.2, 0.25) is 0 Å². The molecule has 0 unspecified atom stereocenters. The first-order valence-electron chi connectivity index (χ1n) is 4.61. The van der Waals surface area contributed by atoms with Crippen LogP contribution in [-0.2, 0) is 13.0 Å². The zero-order valence-corrected chi connectivity index (χ0v) is 8.01. The second-order valence-electron chi connectivity index (χ2n) is 3.04. The lowest BCUT2D eigenvalue weighted by molar-refractivity contribution is 0.655. The second-order valence-corrected chi connectivity index (χ2v) is 3.04. The molecule has 0 atom stereocenters. The predicted molar refractivity (Wildman–Crippen MR) is 49.5 cm³/mol. The van der Waals surface area contributed by atoms with Gasteiger partial charge in [-0.25, -0.2) is 14.6 Å². The van der Waals surface area contributed by atoms with Gasteiger partial charge in [0, 0.05) is 6.42 Å². The van der Waals surface area contributed by atoms with Crippen molar-refractivity contribution in [3.63, 3.8) is 0 Å². The number of rotatable bonds is 4. The molecule has 0 fully saturated rings. The molecular formula is C8H12N6. The summed E-state index contributed by atoms with van der Waals surface area (Å²) in [6.45, 7) is 2.70. The molecule has 6 heteroatoms. The molecule has 0 saturated carbocycles. The van der Waals surface area contributed by atoms with E-state index in [0.29, 0.717) is 6.54 Å². The molecule has 0 aromatic carbocycles. The van der Waals surface area contributed by atoms with Crippen LogP contribution >= 0.6 is 0 Å². The topological polar surface area (TPSA) is 72.3 Å². The number of H-pyrrole nitrogens is 1. The largest absolute Gasteiger partial charge is 0.261 e. The minimum absolute atomic E-state index is 0.594. The Labute approximate surface area is 81.4 Å². The van der Waals surface area contributed by atoms with E-state index >= 15 is 0 Å². The maximum Gasteiger partial charge on any atom is 0.150 e. The summed E-state index contributed by atoms with van der Waals surface area (Å²) in [5.74, 6) is 1.68. The van der Waals surface area contributed by atoms with Crippen molar-refractivity contribution in [1.29, 1.82) is 0 Å². The Bertz CT molecular complexity index is 376. The Balaban J connectivity index is 2.03. The van der Waals surface area contributed by atoms with Crippen LogP contribution in [0.5, 0.6) is 0 Å². The number of hydrogen-bond donors (Lipinski definition) is 1. The van der Waals surface area contributed by atoms with Crippen LogP contribution in [0.15, 0.2) is 12.7 Å². The minimum Gasteiger partial charge on any atom is -0.261 e. The molecule has 1 N–H and O–H groups in total. The van der Waals surface area contributed by atoms with Gasteiger partial charge in [0.25, 0.3) is 0 Å². The summed E-state index contributed by atoms with van der Waals surface area (Å²) in [7, 11) is 0.